The van der Waals surface area contributed by atoms with Crippen LogP contribution in [-0.4, -0.2) is 152 Å². The summed E-state index contributed by atoms with van der Waals surface area (Å²) in [7, 11) is 0. The molecule has 3 aliphatic heterocycles. The zero-order valence-corrected chi connectivity index (χ0v) is 23.2. The van der Waals surface area contributed by atoms with Gasteiger partial charge in [-0.25, -0.2) is 4.79 Å². The van der Waals surface area contributed by atoms with Crippen molar-refractivity contribution in [3.05, 3.63) is 0 Å². The van der Waals surface area contributed by atoms with Gasteiger partial charge in [-0.3, -0.25) is 0 Å². The Hall–Kier alpha value is -0.840. The van der Waals surface area contributed by atoms with Crippen LogP contribution in [0.3, 0.4) is 0 Å². The van der Waals surface area contributed by atoms with Crippen molar-refractivity contribution < 1.29 is 62.4 Å². The number of hydrogen-bond donors (Lipinski definition) is 2. The third kappa shape index (κ3) is 25.4. The zero-order chi connectivity index (χ0) is 27.8. The molecule has 226 valence electrons. The van der Waals surface area contributed by atoms with E-state index in [9.17, 15) is 4.79 Å². The molecule has 5 atom stereocenters. The fourth-order valence-electron chi connectivity index (χ4n) is 2.31. The van der Waals surface area contributed by atoms with Crippen molar-refractivity contribution >= 4 is 17.8 Å². The van der Waals surface area contributed by atoms with Crippen LogP contribution in [-0.2, 0) is 47.4 Å². The molecule has 3 heterocycles. The van der Waals surface area contributed by atoms with Gasteiger partial charge in [-0.2, -0.15) is 0 Å². The molecule has 5 unspecified atom stereocenters. The van der Waals surface area contributed by atoms with E-state index in [-0.39, 0.29) is 50.8 Å². The van der Waals surface area contributed by atoms with Gasteiger partial charge >= 0.3 is 6.16 Å². The van der Waals surface area contributed by atoms with Crippen molar-refractivity contribution in [3.8, 4) is 0 Å². The SMILES string of the molecule is CC(COCCO)OCCO.CC(COCCOCC1CO1)OCCOC(=O)OCC1CO1.ClCC1CO1. The number of rotatable bonds is 21. The van der Waals surface area contributed by atoms with Crippen LogP contribution in [0.1, 0.15) is 13.8 Å². The fourth-order valence-corrected chi connectivity index (χ4v) is 2.49. The molecule has 38 heavy (non-hydrogen) atoms. The topological polar surface area (TPSA) is 160 Å². The number of carbonyl (C=O) groups is 1. The van der Waals surface area contributed by atoms with E-state index >= 15 is 0 Å². The molecule has 3 aliphatic rings. The van der Waals surface area contributed by atoms with E-state index in [2.05, 4.69) is 0 Å². The summed E-state index contributed by atoms with van der Waals surface area (Å²) in [4.78, 5) is 11.1. The van der Waals surface area contributed by atoms with Gasteiger partial charge in [0, 0.05) is 0 Å². The lowest BCUT2D eigenvalue weighted by Gasteiger charge is -2.13. The first-order valence-corrected chi connectivity index (χ1v) is 13.4. The Labute approximate surface area is 229 Å². The summed E-state index contributed by atoms with van der Waals surface area (Å²) in [5.41, 5.74) is 0. The van der Waals surface area contributed by atoms with E-state index in [0.29, 0.717) is 71.4 Å². The molecule has 2 N–H and O–H groups in total. The zero-order valence-electron chi connectivity index (χ0n) is 22.5. The van der Waals surface area contributed by atoms with E-state index in [1.165, 1.54) is 0 Å². The van der Waals surface area contributed by atoms with Crippen LogP contribution in [0.5, 0.6) is 0 Å². The summed E-state index contributed by atoms with van der Waals surface area (Å²) in [5, 5.41) is 16.7. The molecule has 0 aromatic heterocycles. The molecule has 13 nitrogen and oxygen atoms in total. The minimum atomic E-state index is -0.695. The van der Waals surface area contributed by atoms with E-state index in [0.717, 1.165) is 13.2 Å². The summed E-state index contributed by atoms with van der Waals surface area (Å²) >= 11 is 5.27. The fraction of sp³-hybridized carbons (Fsp3) is 0.958. The van der Waals surface area contributed by atoms with Crippen molar-refractivity contribution in [3.63, 3.8) is 0 Å². The molecular formula is C24H45ClO13. The monoisotopic (exact) mass is 576 g/mol. The predicted molar refractivity (Wildman–Crippen MR) is 135 cm³/mol. The molecule has 0 aliphatic carbocycles. The minimum absolute atomic E-state index is 0.0197. The second-order valence-corrected chi connectivity index (χ2v) is 8.77. The van der Waals surface area contributed by atoms with E-state index < -0.39 is 6.16 Å². The summed E-state index contributed by atoms with van der Waals surface area (Å²) in [5.74, 6) is 0.667. The minimum Gasteiger partial charge on any atom is -0.432 e. The number of aliphatic hydroxyl groups is 2. The van der Waals surface area contributed by atoms with Gasteiger partial charge in [-0.15, -0.1) is 11.6 Å². The lowest BCUT2D eigenvalue weighted by atomic mass is 10.4. The first kappa shape index (κ1) is 35.2. The molecule has 0 saturated carbocycles. The number of epoxide rings is 3. The van der Waals surface area contributed by atoms with Gasteiger partial charge in [0.25, 0.3) is 0 Å². The van der Waals surface area contributed by atoms with Crippen molar-refractivity contribution in [1.82, 2.24) is 0 Å². The predicted octanol–water partition coefficient (Wildman–Crippen LogP) is 0.392. The van der Waals surface area contributed by atoms with E-state index in [1.807, 2.05) is 13.8 Å². The number of halogens is 1. The molecular weight excluding hydrogens is 532 g/mol. The van der Waals surface area contributed by atoms with Gasteiger partial charge in [-0.1, -0.05) is 0 Å². The second kappa shape index (κ2) is 24.0. The number of ether oxygens (including phenoxy) is 10. The molecule has 3 fully saturated rings. The highest BCUT2D eigenvalue weighted by Gasteiger charge is 2.24. The highest BCUT2D eigenvalue weighted by atomic mass is 35.5. The Kier molecular flexibility index (Phi) is 22.2. The van der Waals surface area contributed by atoms with Crippen LogP contribution in [0.4, 0.5) is 4.79 Å². The van der Waals surface area contributed by atoms with Gasteiger partial charge in [0.2, 0.25) is 0 Å². The van der Waals surface area contributed by atoms with Gasteiger partial charge in [0.05, 0.1) is 110 Å². The lowest BCUT2D eigenvalue weighted by Crippen LogP contribution is -2.21. The number of carbonyl (C=O) groups excluding carboxylic acids is 1. The Morgan fingerprint density at radius 2 is 1.26 bits per heavy atom. The third-order valence-corrected chi connectivity index (χ3v) is 4.93. The van der Waals surface area contributed by atoms with Gasteiger partial charge in [0.1, 0.15) is 25.4 Å². The van der Waals surface area contributed by atoms with Crippen LogP contribution in [0.2, 0.25) is 0 Å². The van der Waals surface area contributed by atoms with Crippen LogP contribution in [0.15, 0.2) is 0 Å². The normalized spacial score (nSPS) is 22.2. The molecule has 0 aromatic rings. The van der Waals surface area contributed by atoms with Crippen LogP contribution < -0.4 is 0 Å². The summed E-state index contributed by atoms with van der Waals surface area (Å²) in [6, 6.07) is 0. The van der Waals surface area contributed by atoms with Crippen molar-refractivity contribution in [2.45, 2.75) is 44.4 Å². The van der Waals surface area contributed by atoms with Crippen LogP contribution in [0, 0.1) is 0 Å². The molecule has 0 spiro atoms. The lowest BCUT2D eigenvalue weighted by molar-refractivity contribution is -0.0392. The average Bonchev–Trinajstić information content (AvgIpc) is 3.77. The quantitative estimate of drug-likeness (QED) is 0.0836. The maximum atomic E-state index is 11.1. The van der Waals surface area contributed by atoms with Gasteiger partial charge in [-0.05, 0) is 13.8 Å². The molecule has 14 heteroatoms. The van der Waals surface area contributed by atoms with Gasteiger partial charge in [0.15, 0.2) is 0 Å². The molecule has 0 radical (unpaired) electrons. The highest BCUT2D eigenvalue weighted by Crippen LogP contribution is 2.09. The summed E-state index contributed by atoms with van der Waals surface area (Å²) in [6.45, 7) is 10.1. The smallest absolute Gasteiger partial charge is 0.432 e. The molecule has 3 rings (SSSR count). The Balaban J connectivity index is 0.000000372. The number of aliphatic hydroxyl groups excluding tert-OH is 2. The van der Waals surface area contributed by atoms with Crippen molar-refractivity contribution in [2.24, 2.45) is 0 Å². The first-order chi connectivity index (χ1) is 18.5. The first-order valence-electron chi connectivity index (χ1n) is 12.9. The Bertz CT molecular complexity index is 547. The average molecular weight is 577 g/mol. The van der Waals surface area contributed by atoms with Gasteiger partial charge < -0.3 is 57.6 Å². The Morgan fingerprint density at radius 1 is 0.737 bits per heavy atom. The number of alkyl halides is 1. The summed E-state index contributed by atoms with van der Waals surface area (Å²) < 4.78 is 50.6. The summed E-state index contributed by atoms with van der Waals surface area (Å²) in [6.07, 6.45) is -0.0658. The molecule has 0 amide bonds. The largest absolute Gasteiger partial charge is 0.508 e. The van der Waals surface area contributed by atoms with Crippen LogP contribution >= 0.6 is 11.6 Å². The third-order valence-electron chi connectivity index (χ3n) is 4.58. The molecule has 0 aromatic carbocycles. The maximum absolute atomic E-state index is 11.1. The number of hydrogen-bond acceptors (Lipinski definition) is 13. The second-order valence-electron chi connectivity index (χ2n) is 8.46. The van der Waals surface area contributed by atoms with Crippen molar-refractivity contribution in [1.29, 1.82) is 0 Å². The van der Waals surface area contributed by atoms with E-state index in [1.54, 1.807) is 0 Å². The standard InChI is InChI=1S/C14H24O8.C7H16O4.C3H5ClO/c1-11(6-16-2-3-17-7-12-8-20-12)18-4-5-19-14(15)22-10-13-9-21-13;1-7(11-5-3-9)6-10-4-2-8;4-1-3-2-5-3/h11-13H,2-10H2,1H3;7-9H,2-6H2,1H3;3H,1-2H2. The van der Waals surface area contributed by atoms with Crippen LogP contribution in [0.25, 0.3) is 0 Å². The maximum Gasteiger partial charge on any atom is 0.508 e. The molecule has 3 saturated heterocycles. The molecule has 0 bridgehead atoms. The van der Waals surface area contributed by atoms with E-state index in [4.69, 9.17) is 69.2 Å². The van der Waals surface area contributed by atoms with Crippen molar-refractivity contribution in [2.75, 3.05) is 105 Å². The Morgan fingerprint density at radius 3 is 1.79 bits per heavy atom. The highest BCUT2D eigenvalue weighted by molar-refractivity contribution is 6.18.